The minimum atomic E-state index is -0.391. The number of aromatic nitrogens is 4. The molecule has 1 aromatic carbocycles. The summed E-state index contributed by atoms with van der Waals surface area (Å²) in [7, 11) is 3.36. The van der Waals surface area contributed by atoms with E-state index in [9.17, 15) is 9.59 Å². The van der Waals surface area contributed by atoms with Crippen molar-refractivity contribution in [3.63, 3.8) is 0 Å². The van der Waals surface area contributed by atoms with E-state index in [0.29, 0.717) is 17.1 Å². The van der Waals surface area contributed by atoms with E-state index in [0.717, 1.165) is 0 Å². The van der Waals surface area contributed by atoms with Crippen LogP contribution < -0.4 is 10.6 Å². The molecule has 25 heavy (non-hydrogen) atoms. The summed E-state index contributed by atoms with van der Waals surface area (Å²) in [4.78, 5) is 24.5. The van der Waals surface area contributed by atoms with Gasteiger partial charge in [0.1, 0.15) is 5.69 Å². The monoisotopic (exact) mass is 358 g/mol. The lowest BCUT2D eigenvalue weighted by atomic mass is 10.2. The molecular weight excluding hydrogens is 344 g/mol. The molecule has 9 heteroatoms. The molecule has 2 aromatic heterocycles. The van der Waals surface area contributed by atoms with Crippen LogP contribution in [0.5, 0.6) is 0 Å². The maximum absolute atomic E-state index is 12.3. The van der Waals surface area contributed by atoms with Crippen molar-refractivity contribution in [1.29, 1.82) is 0 Å². The Hall–Kier alpha value is -3.13. The maximum Gasteiger partial charge on any atom is 0.276 e. The molecule has 0 unspecified atom stereocenters. The van der Waals surface area contributed by atoms with Crippen LogP contribution >= 0.6 is 11.6 Å². The Balaban J connectivity index is 1.73. The van der Waals surface area contributed by atoms with Crippen LogP contribution in [0.2, 0.25) is 5.02 Å². The molecule has 0 aliphatic carbocycles. The Morgan fingerprint density at radius 1 is 1.08 bits per heavy atom. The molecule has 0 atom stereocenters. The molecule has 2 amide bonds. The first kappa shape index (κ1) is 16.7. The summed E-state index contributed by atoms with van der Waals surface area (Å²) < 4.78 is 2.94. The lowest BCUT2D eigenvalue weighted by molar-refractivity contribution is 0.101. The van der Waals surface area contributed by atoms with E-state index in [1.807, 2.05) is 0 Å². The van der Waals surface area contributed by atoms with Crippen LogP contribution in [0, 0.1) is 0 Å². The molecule has 0 fully saturated rings. The van der Waals surface area contributed by atoms with Gasteiger partial charge in [-0.2, -0.15) is 10.2 Å². The molecule has 0 saturated heterocycles. The van der Waals surface area contributed by atoms with Gasteiger partial charge in [0.05, 0.1) is 11.2 Å². The second-order valence-electron chi connectivity index (χ2n) is 5.33. The zero-order chi connectivity index (χ0) is 18.0. The van der Waals surface area contributed by atoms with Gasteiger partial charge in [0.15, 0.2) is 5.69 Å². The number of aryl methyl sites for hydroxylation is 2. The number of carbonyl (C=O) groups excluding carboxylic acids is 2. The van der Waals surface area contributed by atoms with Crippen LogP contribution in [0.1, 0.15) is 21.0 Å². The first-order chi connectivity index (χ1) is 11.9. The zero-order valence-corrected chi connectivity index (χ0v) is 14.3. The smallest absolute Gasteiger partial charge is 0.276 e. The molecule has 2 N–H and O–H groups in total. The molecule has 0 saturated carbocycles. The highest BCUT2D eigenvalue weighted by atomic mass is 35.5. The zero-order valence-electron chi connectivity index (χ0n) is 13.5. The van der Waals surface area contributed by atoms with Crippen molar-refractivity contribution in [2.24, 2.45) is 14.1 Å². The van der Waals surface area contributed by atoms with E-state index in [1.54, 1.807) is 55.3 Å². The Bertz CT molecular complexity index is 926. The summed E-state index contributed by atoms with van der Waals surface area (Å²) in [5, 5.41) is 13.7. The summed E-state index contributed by atoms with van der Waals surface area (Å²) in [6.45, 7) is 0. The van der Waals surface area contributed by atoms with Gasteiger partial charge in [0.25, 0.3) is 11.8 Å². The van der Waals surface area contributed by atoms with Crippen molar-refractivity contribution >= 4 is 34.8 Å². The van der Waals surface area contributed by atoms with Gasteiger partial charge in [-0.05, 0) is 24.3 Å². The molecule has 3 rings (SSSR count). The van der Waals surface area contributed by atoms with Gasteiger partial charge in [-0.3, -0.25) is 19.0 Å². The van der Waals surface area contributed by atoms with E-state index >= 15 is 0 Å². The van der Waals surface area contributed by atoms with Gasteiger partial charge in [-0.1, -0.05) is 17.7 Å². The summed E-state index contributed by atoms with van der Waals surface area (Å²) in [6.07, 6.45) is 3.09. The number of nitrogens with one attached hydrogen (secondary N) is 2. The highest BCUT2D eigenvalue weighted by Gasteiger charge is 2.16. The van der Waals surface area contributed by atoms with Crippen molar-refractivity contribution in [3.8, 4) is 0 Å². The van der Waals surface area contributed by atoms with Gasteiger partial charge < -0.3 is 10.6 Å². The molecule has 128 valence electrons. The Morgan fingerprint density at radius 2 is 1.76 bits per heavy atom. The third-order valence-corrected chi connectivity index (χ3v) is 3.71. The average Bonchev–Trinajstić information content (AvgIpc) is 3.13. The molecule has 0 bridgehead atoms. The molecular formula is C16H15ClN6O2. The number of halogens is 1. The van der Waals surface area contributed by atoms with Crippen LogP contribution in [-0.4, -0.2) is 31.4 Å². The van der Waals surface area contributed by atoms with Gasteiger partial charge >= 0.3 is 0 Å². The quantitative estimate of drug-likeness (QED) is 0.748. The molecule has 0 aliphatic rings. The molecule has 0 radical (unpaired) electrons. The lowest BCUT2D eigenvalue weighted by Gasteiger charge is -2.09. The highest BCUT2D eigenvalue weighted by Crippen LogP contribution is 2.19. The number of carbonyl (C=O) groups is 2. The SMILES string of the molecule is Cn1ccc(C(=O)Nc2cccc(NC(=O)c3c(Cl)cnn3C)c2)n1. The second-order valence-corrected chi connectivity index (χ2v) is 5.74. The van der Waals surface area contributed by atoms with Crippen LogP contribution in [0.15, 0.2) is 42.7 Å². The lowest BCUT2D eigenvalue weighted by Crippen LogP contribution is -2.17. The number of anilines is 2. The van der Waals surface area contributed by atoms with Gasteiger partial charge in [0, 0.05) is 31.7 Å². The van der Waals surface area contributed by atoms with E-state index in [-0.39, 0.29) is 16.6 Å². The highest BCUT2D eigenvalue weighted by molar-refractivity contribution is 6.34. The van der Waals surface area contributed by atoms with Crippen molar-refractivity contribution in [2.75, 3.05) is 10.6 Å². The summed E-state index contributed by atoms with van der Waals surface area (Å²) in [5.41, 5.74) is 1.61. The van der Waals surface area contributed by atoms with E-state index in [4.69, 9.17) is 11.6 Å². The number of hydrogen-bond donors (Lipinski definition) is 2. The summed E-state index contributed by atoms with van der Waals surface area (Å²) in [6, 6.07) is 8.40. The molecule has 2 heterocycles. The van der Waals surface area contributed by atoms with Crippen molar-refractivity contribution < 1.29 is 9.59 Å². The largest absolute Gasteiger partial charge is 0.321 e. The summed E-state index contributed by atoms with van der Waals surface area (Å²) >= 11 is 5.97. The van der Waals surface area contributed by atoms with Crippen molar-refractivity contribution in [3.05, 3.63) is 59.1 Å². The maximum atomic E-state index is 12.3. The summed E-state index contributed by atoms with van der Waals surface area (Å²) in [5.74, 6) is -0.725. The molecule has 8 nitrogen and oxygen atoms in total. The minimum Gasteiger partial charge on any atom is -0.321 e. The number of amides is 2. The fraction of sp³-hybridized carbons (Fsp3) is 0.125. The molecule has 0 aliphatic heterocycles. The van der Waals surface area contributed by atoms with E-state index in [1.165, 1.54) is 10.9 Å². The second kappa shape index (κ2) is 6.78. The number of rotatable bonds is 4. The minimum absolute atomic E-state index is 0.254. The predicted octanol–water partition coefficient (Wildman–Crippen LogP) is 2.31. The number of benzene rings is 1. The Labute approximate surface area is 148 Å². The van der Waals surface area contributed by atoms with Gasteiger partial charge in [-0.15, -0.1) is 0 Å². The van der Waals surface area contributed by atoms with Gasteiger partial charge in [-0.25, -0.2) is 0 Å². The molecule has 0 spiro atoms. The third kappa shape index (κ3) is 3.69. The normalized spacial score (nSPS) is 10.5. The fourth-order valence-electron chi connectivity index (χ4n) is 2.26. The van der Waals surface area contributed by atoms with Crippen LogP contribution in [-0.2, 0) is 14.1 Å². The van der Waals surface area contributed by atoms with Crippen LogP contribution in [0.3, 0.4) is 0 Å². The van der Waals surface area contributed by atoms with E-state index < -0.39 is 5.91 Å². The van der Waals surface area contributed by atoms with Crippen LogP contribution in [0.4, 0.5) is 11.4 Å². The molecule has 3 aromatic rings. The Morgan fingerprint density at radius 3 is 2.32 bits per heavy atom. The number of nitrogens with zero attached hydrogens (tertiary/aromatic N) is 4. The Kier molecular flexibility index (Phi) is 4.53. The van der Waals surface area contributed by atoms with Crippen molar-refractivity contribution in [2.45, 2.75) is 0 Å². The first-order valence-corrected chi connectivity index (χ1v) is 7.72. The fourth-order valence-corrected chi connectivity index (χ4v) is 2.51. The number of hydrogen-bond acceptors (Lipinski definition) is 4. The van der Waals surface area contributed by atoms with Gasteiger partial charge in [0.2, 0.25) is 0 Å². The van der Waals surface area contributed by atoms with Crippen molar-refractivity contribution in [1.82, 2.24) is 19.6 Å². The predicted molar refractivity (Wildman–Crippen MR) is 93.8 cm³/mol. The van der Waals surface area contributed by atoms with Crippen LogP contribution in [0.25, 0.3) is 0 Å². The third-order valence-electron chi connectivity index (χ3n) is 3.43. The first-order valence-electron chi connectivity index (χ1n) is 7.34. The van der Waals surface area contributed by atoms with E-state index in [2.05, 4.69) is 20.8 Å². The topological polar surface area (TPSA) is 93.8 Å². The standard InChI is InChI=1S/C16H15ClN6O2/c1-22-7-6-13(21-22)15(24)19-10-4-3-5-11(8-10)20-16(25)14-12(17)9-18-23(14)2/h3-9H,1-2H3,(H,19,24)(H,20,25). The average molecular weight is 359 g/mol.